The van der Waals surface area contributed by atoms with E-state index in [1.807, 2.05) is 49.5 Å². The Labute approximate surface area is 198 Å². The number of pyridine rings is 1. The topological polar surface area (TPSA) is 74.7 Å². The lowest BCUT2D eigenvalue weighted by molar-refractivity contribution is 0.133. The third-order valence-electron chi connectivity index (χ3n) is 7.49. The van der Waals surface area contributed by atoms with E-state index in [9.17, 15) is 0 Å². The summed E-state index contributed by atoms with van der Waals surface area (Å²) >= 11 is 0. The number of likely N-dealkylation sites (tertiary alicyclic amines) is 1. The van der Waals surface area contributed by atoms with Crippen LogP contribution in [0.1, 0.15) is 20.8 Å². The minimum Gasteiger partial charge on any atom is -0.398 e. The van der Waals surface area contributed by atoms with Crippen molar-refractivity contribution in [1.82, 2.24) is 14.8 Å². The molecule has 0 spiro atoms. The minimum atomic E-state index is -0.493. The number of hydrogen-bond acceptors (Lipinski definition) is 6. The molecule has 176 valence electrons. The second kappa shape index (κ2) is 8.50. The van der Waals surface area contributed by atoms with E-state index in [1.165, 1.54) is 0 Å². The molecular formula is C27H38N6. The lowest BCUT2D eigenvalue weighted by atomic mass is 9.59. The van der Waals surface area contributed by atoms with Crippen LogP contribution in [0.15, 0.2) is 91.7 Å². The van der Waals surface area contributed by atoms with Crippen molar-refractivity contribution in [3.8, 4) is 0 Å². The Hall–Kier alpha value is -3.41. The van der Waals surface area contributed by atoms with E-state index in [-0.39, 0.29) is 17.5 Å². The first-order valence-corrected chi connectivity index (χ1v) is 11.1. The van der Waals surface area contributed by atoms with Crippen molar-refractivity contribution in [2.45, 2.75) is 26.9 Å². The van der Waals surface area contributed by atoms with E-state index in [2.05, 4.69) is 67.9 Å². The summed E-state index contributed by atoms with van der Waals surface area (Å²) in [6, 6.07) is 3.75. The van der Waals surface area contributed by atoms with Crippen LogP contribution in [0.2, 0.25) is 0 Å². The Balaban J connectivity index is 2.07. The Morgan fingerprint density at radius 3 is 2.45 bits per heavy atom. The number of nitrogens with two attached hydrogens (primary N) is 2. The fourth-order valence-corrected chi connectivity index (χ4v) is 5.22. The van der Waals surface area contributed by atoms with Crippen molar-refractivity contribution in [3.05, 3.63) is 91.7 Å². The van der Waals surface area contributed by atoms with Crippen LogP contribution in [0, 0.1) is 16.7 Å². The Morgan fingerprint density at radius 2 is 1.91 bits per heavy atom. The number of likely N-dealkylation sites (N-methyl/N-ethyl adjacent to an activating group) is 1. The van der Waals surface area contributed by atoms with Gasteiger partial charge in [-0.2, -0.15) is 0 Å². The Kier molecular flexibility index (Phi) is 6.25. The van der Waals surface area contributed by atoms with Gasteiger partial charge in [-0.05, 0) is 36.8 Å². The molecule has 0 amide bonds. The maximum Gasteiger partial charge on any atom is 0.132 e. The molecule has 1 aromatic rings. The summed E-state index contributed by atoms with van der Waals surface area (Å²) in [6.45, 7) is 25.2. The largest absolute Gasteiger partial charge is 0.398 e. The normalized spacial score (nSPS) is 27.1. The van der Waals surface area contributed by atoms with Gasteiger partial charge in [0.25, 0.3) is 0 Å². The number of allylic oxidation sites excluding steroid dienone is 4. The van der Waals surface area contributed by atoms with Crippen molar-refractivity contribution in [1.29, 1.82) is 0 Å². The van der Waals surface area contributed by atoms with Crippen molar-refractivity contribution in [2.75, 3.05) is 31.3 Å². The molecule has 0 aromatic carbocycles. The van der Waals surface area contributed by atoms with Gasteiger partial charge in [-0.3, -0.25) is 0 Å². The van der Waals surface area contributed by atoms with Crippen LogP contribution in [0.3, 0.4) is 0 Å². The molecule has 3 atom stereocenters. The van der Waals surface area contributed by atoms with E-state index >= 15 is 0 Å². The molecule has 2 aliphatic heterocycles. The number of hydrogen-bond donors (Lipinski definition) is 2. The standard InChI is InChI=1S/C27H38N6/c1-10-23-26(5,6)19(3)33(25-14-12-22(29)17-31(25)8)16-18(2)27(23,7)20(4)32(9)24-13-11-21(28)15-30-24/h10-15,17,23,25H,1-4,16,28-29H2,5-9H3. The minimum absolute atomic E-state index is 0.00257. The maximum absolute atomic E-state index is 6.02. The van der Waals surface area contributed by atoms with E-state index in [0.717, 1.165) is 28.5 Å². The van der Waals surface area contributed by atoms with Gasteiger partial charge in [0.15, 0.2) is 0 Å². The third-order valence-corrected chi connectivity index (χ3v) is 7.49. The number of anilines is 2. The summed E-state index contributed by atoms with van der Waals surface area (Å²) < 4.78 is 0. The van der Waals surface area contributed by atoms with Crippen molar-refractivity contribution in [3.63, 3.8) is 0 Å². The van der Waals surface area contributed by atoms with Gasteiger partial charge in [-0.1, -0.05) is 39.7 Å². The summed E-state index contributed by atoms with van der Waals surface area (Å²) in [5.74, 6) is 0.775. The monoisotopic (exact) mass is 446 g/mol. The summed E-state index contributed by atoms with van der Waals surface area (Å²) in [6.07, 6.45) is 9.66. The van der Waals surface area contributed by atoms with E-state index in [0.29, 0.717) is 12.2 Å². The van der Waals surface area contributed by atoms with Gasteiger partial charge in [0.05, 0.1) is 11.9 Å². The molecular weight excluding hydrogens is 408 g/mol. The molecule has 0 radical (unpaired) electrons. The van der Waals surface area contributed by atoms with E-state index in [1.54, 1.807) is 6.20 Å². The summed E-state index contributed by atoms with van der Waals surface area (Å²) in [4.78, 5) is 10.9. The average Bonchev–Trinajstić information content (AvgIpc) is 2.81. The lowest BCUT2D eigenvalue weighted by Gasteiger charge is -2.47. The Bertz CT molecular complexity index is 1030. The van der Waals surface area contributed by atoms with Gasteiger partial charge < -0.3 is 26.2 Å². The zero-order valence-corrected chi connectivity index (χ0v) is 20.7. The molecule has 1 aromatic heterocycles. The fraction of sp³-hybridized carbons (Fsp3) is 0.370. The number of nitrogen functional groups attached to an aromatic ring is 1. The average molecular weight is 447 g/mol. The molecule has 0 saturated carbocycles. The van der Waals surface area contributed by atoms with Gasteiger partial charge in [-0.25, -0.2) is 4.98 Å². The van der Waals surface area contributed by atoms with Gasteiger partial charge >= 0.3 is 0 Å². The smallest absolute Gasteiger partial charge is 0.132 e. The molecule has 4 N–H and O–H groups in total. The highest BCUT2D eigenvalue weighted by Gasteiger charge is 2.52. The van der Waals surface area contributed by atoms with Crippen LogP contribution in [-0.4, -0.2) is 41.6 Å². The van der Waals surface area contributed by atoms with Crippen LogP contribution in [0.4, 0.5) is 11.5 Å². The highest BCUT2D eigenvalue weighted by atomic mass is 15.3. The van der Waals surface area contributed by atoms with Crippen molar-refractivity contribution in [2.24, 2.45) is 22.5 Å². The zero-order chi connectivity index (χ0) is 24.7. The molecule has 33 heavy (non-hydrogen) atoms. The summed E-state index contributed by atoms with van der Waals surface area (Å²) in [5.41, 5.74) is 15.4. The lowest BCUT2D eigenvalue weighted by Crippen LogP contribution is -2.47. The predicted octanol–water partition coefficient (Wildman–Crippen LogP) is 4.46. The van der Waals surface area contributed by atoms with E-state index < -0.39 is 5.41 Å². The van der Waals surface area contributed by atoms with Crippen molar-refractivity contribution < 1.29 is 0 Å². The molecule has 1 saturated heterocycles. The Morgan fingerprint density at radius 1 is 1.24 bits per heavy atom. The first kappa shape index (κ1) is 24.2. The first-order valence-electron chi connectivity index (χ1n) is 11.1. The SMILES string of the molecule is C=CC1C(C)(C)C(=C)N(C2C=CC(N)=CN2C)CC(=C)C1(C)C(=C)N(C)c1ccc(N)cn1. The fourth-order valence-electron chi connectivity index (χ4n) is 5.22. The molecule has 2 aliphatic rings. The molecule has 1 fully saturated rings. The molecule has 3 rings (SSSR count). The predicted molar refractivity (Wildman–Crippen MR) is 140 cm³/mol. The van der Waals surface area contributed by atoms with Crippen LogP contribution in [-0.2, 0) is 0 Å². The second-order valence-corrected chi connectivity index (χ2v) is 9.84. The molecule has 3 heterocycles. The van der Waals surface area contributed by atoms with Crippen LogP contribution < -0.4 is 16.4 Å². The van der Waals surface area contributed by atoms with Crippen LogP contribution in [0.25, 0.3) is 0 Å². The first-order chi connectivity index (χ1) is 15.3. The number of rotatable bonds is 5. The van der Waals surface area contributed by atoms with Crippen molar-refractivity contribution >= 4 is 11.5 Å². The van der Waals surface area contributed by atoms with E-state index in [4.69, 9.17) is 11.5 Å². The quantitative estimate of drug-likeness (QED) is 0.651. The molecule has 3 unspecified atom stereocenters. The highest BCUT2D eigenvalue weighted by Crippen LogP contribution is 2.56. The van der Waals surface area contributed by atoms with Gasteiger partial charge in [0, 0.05) is 60.7 Å². The van der Waals surface area contributed by atoms with Gasteiger partial charge in [-0.15, -0.1) is 6.58 Å². The summed E-state index contributed by atoms with van der Waals surface area (Å²) in [5, 5.41) is 0. The molecule has 6 nitrogen and oxygen atoms in total. The second-order valence-electron chi connectivity index (χ2n) is 9.84. The van der Waals surface area contributed by atoms with Crippen LogP contribution >= 0.6 is 0 Å². The molecule has 6 heteroatoms. The third kappa shape index (κ3) is 3.94. The maximum atomic E-state index is 6.02. The number of nitrogens with zero attached hydrogens (tertiary/aromatic N) is 4. The summed E-state index contributed by atoms with van der Waals surface area (Å²) in [7, 11) is 4.01. The van der Waals surface area contributed by atoms with Crippen LogP contribution in [0.5, 0.6) is 0 Å². The van der Waals surface area contributed by atoms with Gasteiger partial charge in [0.1, 0.15) is 12.0 Å². The highest BCUT2D eigenvalue weighted by molar-refractivity contribution is 5.52. The molecule has 0 aliphatic carbocycles. The molecule has 0 bridgehead atoms. The number of aromatic nitrogens is 1. The zero-order valence-electron chi connectivity index (χ0n) is 20.7. The van der Waals surface area contributed by atoms with Gasteiger partial charge in [0.2, 0.25) is 0 Å².